The van der Waals surface area contributed by atoms with Crippen molar-refractivity contribution in [2.45, 2.75) is 43.7 Å². The number of ether oxygens (including phenoxy) is 7. The van der Waals surface area contributed by atoms with Crippen LogP contribution in [0.3, 0.4) is 0 Å². The molecule has 1 fully saturated rings. The highest BCUT2D eigenvalue weighted by molar-refractivity contribution is 5.65. The van der Waals surface area contributed by atoms with Gasteiger partial charge in [-0.25, -0.2) is 0 Å². The van der Waals surface area contributed by atoms with Gasteiger partial charge in [-0.05, 0) is 0 Å². The van der Waals surface area contributed by atoms with Crippen molar-refractivity contribution in [1.82, 2.24) is 0 Å². The molecule has 8 nitrogen and oxygen atoms in total. The van der Waals surface area contributed by atoms with Crippen LogP contribution in [0.1, 0.15) is 6.92 Å². The van der Waals surface area contributed by atoms with Crippen LogP contribution in [-0.2, 0) is 38.0 Å². The lowest BCUT2D eigenvalue weighted by Gasteiger charge is -2.46. The summed E-state index contributed by atoms with van der Waals surface area (Å²) in [5, 5.41) is 0. The molecule has 130 valence electrons. The number of rotatable bonds is 8. The van der Waals surface area contributed by atoms with Gasteiger partial charge in [0.2, 0.25) is 0 Å². The van der Waals surface area contributed by atoms with Gasteiger partial charge in [0.25, 0.3) is 0 Å². The van der Waals surface area contributed by atoms with E-state index in [4.69, 9.17) is 33.2 Å². The number of hydrogen-bond acceptors (Lipinski definition) is 8. The highest BCUT2D eigenvalue weighted by Crippen LogP contribution is 2.30. The van der Waals surface area contributed by atoms with Crippen molar-refractivity contribution in [2.75, 3.05) is 42.2 Å². The molecule has 1 aliphatic rings. The lowest BCUT2D eigenvalue weighted by atomic mass is 9.94. The SMILES string of the molecule is COC1O[C@H]([C@H](COC(C)=O)OC)[C@@H](OC)[C@H](OC)[C@@H]1OC. The second-order valence-corrected chi connectivity index (χ2v) is 4.88. The molecule has 8 heteroatoms. The molecule has 0 saturated carbocycles. The first-order valence-corrected chi connectivity index (χ1v) is 6.96. The fraction of sp³-hybridized carbons (Fsp3) is 0.929. The summed E-state index contributed by atoms with van der Waals surface area (Å²) < 4.78 is 38.1. The summed E-state index contributed by atoms with van der Waals surface area (Å²) in [7, 11) is 7.68. The summed E-state index contributed by atoms with van der Waals surface area (Å²) in [6.07, 6.45) is -3.07. The largest absolute Gasteiger partial charge is 0.463 e. The van der Waals surface area contributed by atoms with Gasteiger partial charge in [-0.1, -0.05) is 0 Å². The number of carbonyl (C=O) groups excluding carboxylic acids is 1. The summed E-state index contributed by atoms with van der Waals surface area (Å²) in [5.74, 6) is -0.395. The monoisotopic (exact) mass is 322 g/mol. The first-order chi connectivity index (χ1) is 10.5. The Balaban J connectivity index is 2.96. The fourth-order valence-electron chi connectivity index (χ4n) is 2.61. The Hall–Kier alpha value is -0.770. The zero-order chi connectivity index (χ0) is 16.7. The van der Waals surface area contributed by atoms with E-state index in [1.165, 1.54) is 21.1 Å². The van der Waals surface area contributed by atoms with E-state index >= 15 is 0 Å². The summed E-state index contributed by atoms with van der Waals surface area (Å²) in [6.45, 7) is 1.37. The van der Waals surface area contributed by atoms with Crippen LogP contribution in [0.2, 0.25) is 0 Å². The van der Waals surface area contributed by atoms with E-state index in [0.717, 1.165) is 0 Å². The molecule has 0 amide bonds. The third-order valence-corrected chi connectivity index (χ3v) is 3.70. The van der Waals surface area contributed by atoms with Gasteiger partial charge < -0.3 is 33.2 Å². The quantitative estimate of drug-likeness (QED) is 0.577. The number of carbonyl (C=O) groups is 1. The van der Waals surface area contributed by atoms with E-state index in [9.17, 15) is 4.79 Å². The summed E-state index contributed by atoms with van der Waals surface area (Å²) in [4.78, 5) is 11.0. The minimum atomic E-state index is -0.652. The average Bonchev–Trinajstić information content (AvgIpc) is 2.53. The first-order valence-electron chi connectivity index (χ1n) is 6.96. The normalized spacial score (nSPS) is 33.5. The third kappa shape index (κ3) is 4.37. The van der Waals surface area contributed by atoms with Crippen LogP contribution in [0.25, 0.3) is 0 Å². The number of esters is 1. The predicted octanol–water partition coefficient (Wildman–Crippen LogP) is -0.0192. The Bertz CT molecular complexity index is 337. The van der Waals surface area contributed by atoms with Gasteiger partial charge >= 0.3 is 5.97 Å². The molecule has 0 bridgehead atoms. The Morgan fingerprint density at radius 1 is 0.955 bits per heavy atom. The summed E-state index contributed by atoms with van der Waals surface area (Å²) in [5.41, 5.74) is 0. The van der Waals surface area contributed by atoms with Crippen LogP contribution < -0.4 is 0 Å². The summed E-state index contributed by atoms with van der Waals surface area (Å²) in [6, 6.07) is 0. The zero-order valence-electron chi connectivity index (χ0n) is 13.9. The molecule has 0 aliphatic carbocycles. The lowest BCUT2D eigenvalue weighted by molar-refractivity contribution is -0.318. The molecule has 1 unspecified atom stereocenters. The van der Waals surface area contributed by atoms with Gasteiger partial charge in [0.05, 0.1) is 0 Å². The van der Waals surface area contributed by atoms with Crippen LogP contribution in [0.4, 0.5) is 0 Å². The maximum absolute atomic E-state index is 11.0. The van der Waals surface area contributed by atoms with E-state index in [1.807, 2.05) is 0 Å². The second-order valence-electron chi connectivity index (χ2n) is 4.88. The molecule has 0 aromatic rings. The molecule has 0 N–H and O–H groups in total. The van der Waals surface area contributed by atoms with Crippen LogP contribution in [0, 0.1) is 0 Å². The molecule has 0 aromatic heterocycles. The van der Waals surface area contributed by atoms with Crippen molar-refractivity contribution < 1.29 is 38.0 Å². The van der Waals surface area contributed by atoms with E-state index < -0.39 is 42.8 Å². The summed E-state index contributed by atoms with van der Waals surface area (Å²) >= 11 is 0. The van der Waals surface area contributed by atoms with E-state index in [1.54, 1.807) is 21.3 Å². The maximum atomic E-state index is 11.0. The van der Waals surface area contributed by atoms with Crippen molar-refractivity contribution in [3.05, 3.63) is 0 Å². The molecule has 1 rings (SSSR count). The fourth-order valence-corrected chi connectivity index (χ4v) is 2.61. The molecule has 6 atom stereocenters. The van der Waals surface area contributed by atoms with Gasteiger partial charge in [0.1, 0.15) is 37.1 Å². The molecule has 1 aliphatic heterocycles. The molecular weight excluding hydrogens is 296 g/mol. The predicted molar refractivity (Wildman–Crippen MR) is 75.5 cm³/mol. The van der Waals surface area contributed by atoms with Gasteiger partial charge in [-0.15, -0.1) is 0 Å². The Kier molecular flexibility index (Phi) is 8.23. The average molecular weight is 322 g/mol. The Labute approximate surface area is 130 Å². The zero-order valence-corrected chi connectivity index (χ0v) is 13.9. The maximum Gasteiger partial charge on any atom is 0.302 e. The van der Waals surface area contributed by atoms with Crippen molar-refractivity contribution >= 4 is 5.97 Å². The topological polar surface area (TPSA) is 81.7 Å². The smallest absolute Gasteiger partial charge is 0.302 e. The van der Waals surface area contributed by atoms with E-state index in [-0.39, 0.29) is 6.61 Å². The van der Waals surface area contributed by atoms with E-state index in [2.05, 4.69) is 0 Å². The van der Waals surface area contributed by atoms with Crippen molar-refractivity contribution in [1.29, 1.82) is 0 Å². The van der Waals surface area contributed by atoms with Gasteiger partial charge in [0.15, 0.2) is 6.29 Å². The molecule has 1 saturated heterocycles. The third-order valence-electron chi connectivity index (χ3n) is 3.70. The highest BCUT2D eigenvalue weighted by atomic mass is 16.7. The first kappa shape index (κ1) is 19.3. The minimum Gasteiger partial charge on any atom is -0.463 e. The van der Waals surface area contributed by atoms with Crippen LogP contribution in [0.15, 0.2) is 0 Å². The van der Waals surface area contributed by atoms with E-state index in [0.29, 0.717) is 0 Å². The molecule has 1 heterocycles. The van der Waals surface area contributed by atoms with Crippen LogP contribution in [0.5, 0.6) is 0 Å². The van der Waals surface area contributed by atoms with Crippen molar-refractivity contribution in [3.8, 4) is 0 Å². The van der Waals surface area contributed by atoms with Crippen molar-refractivity contribution in [3.63, 3.8) is 0 Å². The van der Waals surface area contributed by atoms with Crippen LogP contribution >= 0.6 is 0 Å². The second kappa shape index (κ2) is 9.39. The van der Waals surface area contributed by atoms with Gasteiger partial charge in [0, 0.05) is 42.5 Å². The number of hydrogen-bond donors (Lipinski definition) is 0. The van der Waals surface area contributed by atoms with Gasteiger partial charge in [-0.3, -0.25) is 4.79 Å². The Morgan fingerprint density at radius 3 is 1.95 bits per heavy atom. The molecule has 22 heavy (non-hydrogen) atoms. The Morgan fingerprint density at radius 2 is 1.55 bits per heavy atom. The molecule has 0 spiro atoms. The van der Waals surface area contributed by atoms with Crippen molar-refractivity contribution in [2.24, 2.45) is 0 Å². The minimum absolute atomic E-state index is 0.0425. The molecule has 0 aromatic carbocycles. The molecular formula is C14H26O8. The lowest BCUT2D eigenvalue weighted by Crippen LogP contribution is -2.63. The van der Waals surface area contributed by atoms with Crippen LogP contribution in [-0.4, -0.2) is 84.9 Å². The number of methoxy groups -OCH3 is 5. The van der Waals surface area contributed by atoms with Gasteiger partial charge in [-0.2, -0.15) is 0 Å². The standard InChI is InChI=1S/C14H26O8/c1-8(15)21-7-9(16-2)10-11(17-3)12(18-4)13(19-5)14(20-6)22-10/h9-14H,7H2,1-6H3/t9-,10+,11+,12-,13-,14?/m0/s1. The highest BCUT2D eigenvalue weighted by Gasteiger charge is 2.50. The molecule has 0 radical (unpaired) electrons.